The summed E-state index contributed by atoms with van der Waals surface area (Å²) >= 11 is 0. The van der Waals surface area contributed by atoms with Gasteiger partial charge in [-0.3, -0.25) is 4.99 Å². The van der Waals surface area contributed by atoms with Gasteiger partial charge in [-0.15, -0.1) is 0 Å². The molecular formula is C12H17N3O. The molecule has 86 valence electrons. The van der Waals surface area contributed by atoms with Crippen molar-refractivity contribution in [1.82, 2.24) is 5.43 Å². The standard InChI is InChI=1S/C12H17N3O/c1-2-16-11-7-3-9(4-8-11)12(15-13)14-10-5-6-10/h3-4,7-8,10H,2,5-6,13H2,1H3,(H,14,15). The lowest BCUT2D eigenvalue weighted by molar-refractivity contribution is 0.340. The van der Waals surface area contributed by atoms with E-state index in [0.717, 1.165) is 17.1 Å². The number of benzene rings is 1. The van der Waals surface area contributed by atoms with Crippen LogP contribution in [0.1, 0.15) is 25.3 Å². The third-order valence-electron chi connectivity index (χ3n) is 2.43. The molecule has 0 saturated heterocycles. The summed E-state index contributed by atoms with van der Waals surface area (Å²) in [5, 5.41) is 0. The summed E-state index contributed by atoms with van der Waals surface area (Å²) in [4.78, 5) is 4.49. The molecule has 0 atom stereocenters. The summed E-state index contributed by atoms with van der Waals surface area (Å²) in [5.74, 6) is 7.09. The maximum absolute atomic E-state index is 5.47. The zero-order valence-corrected chi connectivity index (χ0v) is 9.44. The Labute approximate surface area is 95.5 Å². The van der Waals surface area contributed by atoms with Gasteiger partial charge in [0.2, 0.25) is 0 Å². The van der Waals surface area contributed by atoms with Crippen molar-refractivity contribution in [2.24, 2.45) is 10.8 Å². The maximum atomic E-state index is 5.47. The van der Waals surface area contributed by atoms with Gasteiger partial charge in [0, 0.05) is 5.56 Å². The number of hydrazine groups is 1. The van der Waals surface area contributed by atoms with Crippen LogP contribution in [0.3, 0.4) is 0 Å². The molecule has 1 saturated carbocycles. The molecule has 1 aliphatic rings. The summed E-state index contributed by atoms with van der Waals surface area (Å²) in [5.41, 5.74) is 3.65. The van der Waals surface area contributed by atoms with E-state index in [0.29, 0.717) is 12.6 Å². The molecule has 3 N–H and O–H groups in total. The van der Waals surface area contributed by atoms with E-state index in [-0.39, 0.29) is 0 Å². The Hall–Kier alpha value is -1.55. The van der Waals surface area contributed by atoms with Crippen LogP contribution in [0.15, 0.2) is 29.3 Å². The zero-order chi connectivity index (χ0) is 11.4. The molecule has 0 amide bonds. The van der Waals surface area contributed by atoms with E-state index in [1.807, 2.05) is 31.2 Å². The highest BCUT2D eigenvalue weighted by Crippen LogP contribution is 2.24. The first-order valence-corrected chi connectivity index (χ1v) is 5.61. The lowest BCUT2D eigenvalue weighted by Gasteiger charge is -2.07. The number of aliphatic imine (C=N–C) groups is 1. The van der Waals surface area contributed by atoms with Crippen molar-refractivity contribution in [3.05, 3.63) is 29.8 Å². The Balaban J connectivity index is 2.12. The van der Waals surface area contributed by atoms with Gasteiger partial charge in [0.05, 0.1) is 12.6 Å². The lowest BCUT2D eigenvalue weighted by Crippen LogP contribution is -2.31. The van der Waals surface area contributed by atoms with Crippen molar-refractivity contribution in [3.63, 3.8) is 0 Å². The topological polar surface area (TPSA) is 59.6 Å². The molecule has 4 nitrogen and oxygen atoms in total. The van der Waals surface area contributed by atoms with Gasteiger partial charge in [-0.05, 0) is 44.0 Å². The van der Waals surface area contributed by atoms with Crippen LogP contribution in [0.2, 0.25) is 0 Å². The van der Waals surface area contributed by atoms with Gasteiger partial charge in [-0.1, -0.05) is 0 Å². The van der Waals surface area contributed by atoms with Crippen molar-refractivity contribution >= 4 is 5.84 Å². The second-order valence-electron chi connectivity index (χ2n) is 3.81. The molecule has 0 unspecified atom stereocenters. The minimum absolute atomic E-state index is 0.456. The number of hydrogen-bond acceptors (Lipinski definition) is 3. The smallest absolute Gasteiger partial charge is 0.142 e. The lowest BCUT2D eigenvalue weighted by atomic mass is 10.2. The van der Waals surface area contributed by atoms with E-state index < -0.39 is 0 Å². The highest BCUT2D eigenvalue weighted by Gasteiger charge is 2.21. The number of nitrogens with two attached hydrogens (primary N) is 1. The third kappa shape index (κ3) is 2.73. The molecule has 1 fully saturated rings. The second-order valence-corrected chi connectivity index (χ2v) is 3.81. The van der Waals surface area contributed by atoms with Crippen molar-refractivity contribution in [3.8, 4) is 5.75 Å². The maximum Gasteiger partial charge on any atom is 0.142 e. The molecule has 1 aliphatic carbocycles. The first-order chi connectivity index (χ1) is 7.83. The number of nitrogens with zero attached hydrogens (tertiary/aromatic N) is 1. The molecule has 4 heteroatoms. The summed E-state index contributed by atoms with van der Waals surface area (Å²) in [6.07, 6.45) is 2.34. The SMILES string of the molecule is CCOc1ccc(C(=NC2CC2)NN)cc1. The molecule has 0 aliphatic heterocycles. The first kappa shape index (κ1) is 11.0. The first-order valence-electron chi connectivity index (χ1n) is 5.61. The number of ether oxygens (including phenoxy) is 1. The minimum Gasteiger partial charge on any atom is -0.494 e. The minimum atomic E-state index is 0.456. The van der Waals surface area contributed by atoms with E-state index in [1.165, 1.54) is 12.8 Å². The van der Waals surface area contributed by atoms with Crippen LogP contribution in [-0.2, 0) is 0 Å². The van der Waals surface area contributed by atoms with Crippen LogP contribution >= 0.6 is 0 Å². The molecule has 0 bridgehead atoms. The largest absolute Gasteiger partial charge is 0.494 e. The van der Waals surface area contributed by atoms with Gasteiger partial charge >= 0.3 is 0 Å². The predicted molar refractivity (Wildman–Crippen MR) is 64.5 cm³/mol. The summed E-state index contributed by atoms with van der Waals surface area (Å²) in [6, 6.07) is 8.24. The highest BCUT2D eigenvalue weighted by molar-refractivity contribution is 5.98. The molecule has 0 spiro atoms. The van der Waals surface area contributed by atoms with Crippen LogP contribution in [0.5, 0.6) is 5.75 Å². The zero-order valence-electron chi connectivity index (χ0n) is 9.44. The Morgan fingerprint density at radius 1 is 1.44 bits per heavy atom. The Kier molecular flexibility index (Phi) is 3.41. The normalized spacial score (nSPS) is 16.0. The average Bonchev–Trinajstić information content (AvgIpc) is 3.11. The van der Waals surface area contributed by atoms with Crippen LogP contribution in [0.25, 0.3) is 0 Å². The Morgan fingerprint density at radius 3 is 2.62 bits per heavy atom. The fourth-order valence-electron chi connectivity index (χ4n) is 1.46. The number of nitrogens with one attached hydrogen (secondary N) is 1. The van der Waals surface area contributed by atoms with Gasteiger partial charge in [0.1, 0.15) is 11.6 Å². The van der Waals surface area contributed by atoms with Crippen molar-refractivity contribution in [2.45, 2.75) is 25.8 Å². The summed E-state index contributed by atoms with van der Waals surface area (Å²) in [7, 11) is 0. The molecular weight excluding hydrogens is 202 g/mol. The fraction of sp³-hybridized carbons (Fsp3) is 0.417. The molecule has 16 heavy (non-hydrogen) atoms. The summed E-state index contributed by atoms with van der Waals surface area (Å²) in [6.45, 7) is 2.65. The van der Waals surface area contributed by atoms with Gasteiger partial charge < -0.3 is 10.2 Å². The summed E-state index contributed by atoms with van der Waals surface area (Å²) < 4.78 is 5.38. The van der Waals surface area contributed by atoms with E-state index in [4.69, 9.17) is 10.6 Å². The molecule has 0 heterocycles. The van der Waals surface area contributed by atoms with Gasteiger partial charge in [0.15, 0.2) is 0 Å². The van der Waals surface area contributed by atoms with Gasteiger partial charge in [-0.25, -0.2) is 5.84 Å². The van der Waals surface area contributed by atoms with Gasteiger partial charge in [-0.2, -0.15) is 0 Å². The Morgan fingerprint density at radius 2 is 2.12 bits per heavy atom. The predicted octanol–water partition coefficient (Wildman–Crippen LogP) is 1.46. The van der Waals surface area contributed by atoms with E-state index in [2.05, 4.69) is 10.4 Å². The fourth-order valence-corrected chi connectivity index (χ4v) is 1.46. The van der Waals surface area contributed by atoms with E-state index in [9.17, 15) is 0 Å². The monoisotopic (exact) mass is 219 g/mol. The van der Waals surface area contributed by atoms with Gasteiger partial charge in [0.25, 0.3) is 0 Å². The van der Waals surface area contributed by atoms with Crippen LogP contribution in [-0.4, -0.2) is 18.5 Å². The highest BCUT2D eigenvalue weighted by atomic mass is 16.5. The molecule has 1 aromatic carbocycles. The average molecular weight is 219 g/mol. The van der Waals surface area contributed by atoms with E-state index in [1.54, 1.807) is 0 Å². The molecule has 0 aromatic heterocycles. The van der Waals surface area contributed by atoms with Crippen molar-refractivity contribution in [2.75, 3.05) is 6.61 Å². The second kappa shape index (κ2) is 4.99. The van der Waals surface area contributed by atoms with Crippen molar-refractivity contribution in [1.29, 1.82) is 0 Å². The molecule has 2 rings (SSSR count). The number of amidine groups is 1. The van der Waals surface area contributed by atoms with Crippen LogP contribution < -0.4 is 16.0 Å². The van der Waals surface area contributed by atoms with E-state index >= 15 is 0 Å². The number of hydrogen-bond donors (Lipinski definition) is 2. The quantitative estimate of drug-likeness (QED) is 0.349. The van der Waals surface area contributed by atoms with Crippen LogP contribution in [0.4, 0.5) is 0 Å². The van der Waals surface area contributed by atoms with Crippen LogP contribution in [0, 0.1) is 0 Å². The number of rotatable bonds is 4. The third-order valence-corrected chi connectivity index (χ3v) is 2.43. The molecule has 1 aromatic rings. The van der Waals surface area contributed by atoms with Crippen molar-refractivity contribution < 1.29 is 4.74 Å². The Bertz CT molecular complexity index is 368. The molecule has 0 radical (unpaired) electrons.